The quantitative estimate of drug-likeness (QED) is 0.849. The van der Waals surface area contributed by atoms with Crippen LogP contribution in [0.5, 0.6) is 0 Å². The van der Waals surface area contributed by atoms with Crippen LogP contribution >= 0.6 is 11.8 Å². The lowest BCUT2D eigenvalue weighted by Crippen LogP contribution is -2.66. The van der Waals surface area contributed by atoms with E-state index in [2.05, 4.69) is 37.2 Å². The van der Waals surface area contributed by atoms with Gasteiger partial charge in [-0.3, -0.25) is 4.90 Å². The fourth-order valence-electron chi connectivity index (χ4n) is 3.68. The van der Waals surface area contributed by atoms with Crippen LogP contribution in [0.15, 0.2) is 0 Å². The number of piperazine rings is 1. The van der Waals surface area contributed by atoms with Gasteiger partial charge in [0.15, 0.2) is 0 Å². The highest BCUT2D eigenvalue weighted by atomic mass is 32.2. The first-order valence-corrected chi connectivity index (χ1v) is 8.84. The van der Waals surface area contributed by atoms with E-state index in [9.17, 15) is 0 Å². The Hall–Kier alpha value is 0.270. The molecule has 1 heterocycles. The molecule has 2 nitrogen and oxygen atoms in total. The minimum atomic E-state index is 0.381. The molecule has 0 aromatic heterocycles. The van der Waals surface area contributed by atoms with E-state index >= 15 is 0 Å². The van der Waals surface area contributed by atoms with Crippen LogP contribution in [0.3, 0.4) is 0 Å². The predicted octanol–water partition coefficient (Wildman–Crippen LogP) is 2.98. The van der Waals surface area contributed by atoms with Crippen LogP contribution in [0, 0.1) is 5.41 Å². The highest BCUT2D eigenvalue weighted by molar-refractivity contribution is 7.98. The Balaban J connectivity index is 2.05. The molecule has 1 saturated carbocycles. The van der Waals surface area contributed by atoms with Crippen molar-refractivity contribution in [3.63, 3.8) is 0 Å². The molecular formula is C15H30N2S. The first-order valence-electron chi connectivity index (χ1n) is 7.45. The van der Waals surface area contributed by atoms with Crippen LogP contribution in [0.4, 0.5) is 0 Å². The summed E-state index contributed by atoms with van der Waals surface area (Å²) in [6.07, 6.45) is 7.84. The van der Waals surface area contributed by atoms with E-state index in [1.165, 1.54) is 51.1 Å². The van der Waals surface area contributed by atoms with Crippen LogP contribution in [0.25, 0.3) is 0 Å². The topological polar surface area (TPSA) is 15.3 Å². The van der Waals surface area contributed by atoms with Crippen molar-refractivity contribution in [2.75, 3.05) is 31.6 Å². The van der Waals surface area contributed by atoms with Crippen molar-refractivity contribution in [2.45, 2.75) is 58.0 Å². The molecule has 1 spiro atoms. The number of hydrogen-bond acceptors (Lipinski definition) is 3. The van der Waals surface area contributed by atoms with Crippen LogP contribution in [0.1, 0.15) is 46.5 Å². The van der Waals surface area contributed by atoms with Crippen molar-refractivity contribution in [1.82, 2.24) is 10.2 Å². The third-order valence-corrected chi connectivity index (χ3v) is 5.35. The lowest BCUT2D eigenvalue weighted by Gasteiger charge is -2.50. The Morgan fingerprint density at radius 3 is 2.50 bits per heavy atom. The van der Waals surface area contributed by atoms with Gasteiger partial charge < -0.3 is 5.32 Å². The van der Waals surface area contributed by atoms with Crippen LogP contribution in [-0.2, 0) is 0 Å². The molecule has 0 radical (unpaired) electrons. The zero-order valence-corrected chi connectivity index (χ0v) is 13.4. The van der Waals surface area contributed by atoms with Gasteiger partial charge in [0.1, 0.15) is 0 Å². The number of thioether (sulfide) groups is 1. The summed E-state index contributed by atoms with van der Waals surface area (Å²) in [5, 5.41) is 3.91. The fraction of sp³-hybridized carbons (Fsp3) is 1.00. The van der Waals surface area contributed by atoms with E-state index in [1.807, 2.05) is 11.8 Å². The summed E-state index contributed by atoms with van der Waals surface area (Å²) in [7, 11) is 0. The van der Waals surface area contributed by atoms with Gasteiger partial charge in [-0.1, -0.05) is 33.6 Å². The molecule has 3 heteroatoms. The average Bonchev–Trinajstić information content (AvgIpc) is 2.73. The molecule has 0 aromatic carbocycles. The summed E-state index contributed by atoms with van der Waals surface area (Å²) in [5.41, 5.74) is 0.839. The van der Waals surface area contributed by atoms with Crippen molar-refractivity contribution < 1.29 is 0 Å². The largest absolute Gasteiger partial charge is 0.308 e. The van der Waals surface area contributed by atoms with Crippen molar-refractivity contribution in [3.05, 3.63) is 0 Å². The number of hydrogen-bond donors (Lipinski definition) is 1. The number of rotatable bonds is 3. The molecule has 0 aromatic rings. The molecule has 2 rings (SSSR count). The molecule has 1 aliphatic carbocycles. The minimum absolute atomic E-state index is 0.381. The Bertz CT molecular complexity index is 266. The molecule has 1 N–H and O–H groups in total. The van der Waals surface area contributed by atoms with Crippen molar-refractivity contribution >= 4 is 11.8 Å². The van der Waals surface area contributed by atoms with Crippen molar-refractivity contribution in [2.24, 2.45) is 5.41 Å². The van der Waals surface area contributed by atoms with Crippen molar-refractivity contribution in [3.8, 4) is 0 Å². The van der Waals surface area contributed by atoms with E-state index in [0.29, 0.717) is 17.0 Å². The Morgan fingerprint density at radius 2 is 1.94 bits per heavy atom. The molecule has 106 valence electrons. The highest BCUT2D eigenvalue weighted by Crippen LogP contribution is 2.36. The predicted molar refractivity (Wildman–Crippen MR) is 82.4 cm³/mol. The first-order chi connectivity index (χ1) is 8.47. The van der Waals surface area contributed by atoms with Gasteiger partial charge in [-0.05, 0) is 24.5 Å². The van der Waals surface area contributed by atoms with Gasteiger partial charge in [0.05, 0.1) is 0 Å². The van der Waals surface area contributed by atoms with E-state index in [1.54, 1.807) is 0 Å². The Labute approximate surface area is 117 Å². The summed E-state index contributed by atoms with van der Waals surface area (Å²) in [5.74, 6) is 1.27. The van der Waals surface area contributed by atoms with E-state index < -0.39 is 0 Å². The van der Waals surface area contributed by atoms with Gasteiger partial charge in [-0.2, -0.15) is 11.8 Å². The lowest BCUT2D eigenvalue weighted by molar-refractivity contribution is 0.0287. The molecular weight excluding hydrogens is 240 g/mol. The minimum Gasteiger partial charge on any atom is -0.308 e. The highest BCUT2D eigenvalue weighted by Gasteiger charge is 2.43. The van der Waals surface area contributed by atoms with Crippen LogP contribution < -0.4 is 5.32 Å². The summed E-state index contributed by atoms with van der Waals surface area (Å²) >= 11 is 1.98. The first kappa shape index (κ1) is 14.7. The van der Waals surface area contributed by atoms with Gasteiger partial charge in [0.25, 0.3) is 0 Å². The number of nitrogens with one attached hydrogen (secondary N) is 1. The molecule has 1 aliphatic heterocycles. The SMILES string of the molecule is CSCCN1CC2(CCCC2)NCC1C(C)(C)C. The maximum atomic E-state index is 3.91. The van der Waals surface area contributed by atoms with Gasteiger partial charge in [-0.25, -0.2) is 0 Å². The third kappa shape index (κ3) is 3.23. The normalized spacial score (nSPS) is 29.0. The zero-order chi connectivity index (χ0) is 13.2. The zero-order valence-electron chi connectivity index (χ0n) is 12.6. The Morgan fingerprint density at radius 1 is 1.28 bits per heavy atom. The van der Waals surface area contributed by atoms with Crippen LogP contribution in [0.2, 0.25) is 0 Å². The molecule has 0 bridgehead atoms. The molecule has 1 unspecified atom stereocenters. The molecule has 1 saturated heterocycles. The smallest absolute Gasteiger partial charge is 0.0309 e. The third-order valence-electron chi connectivity index (χ3n) is 4.76. The molecule has 2 aliphatic rings. The summed E-state index contributed by atoms with van der Waals surface area (Å²) in [4.78, 5) is 2.78. The second kappa shape index (κ2) is 5.72. The summed E-state index contributed by atoms with van der Waals surface area (Å²) in [6, 6.07) is 0.691. The monoisotopic (exact) mass is 270 g/mol. The second-order valence-electron chi connectivity index (χ2n) is 7.21. The molecule has 2 fully saturated rings. The van der Waals surface area contributed by atoms with Crippen LogP contribution in [-0.4, -0.2) is 48.1 Å². The molecule has 1 atom stereocenters. The second-order valence-corrected chi connectivity index (χ2v) is 8.20. The van der Waals surface area contributed by atoms with Gasteiger partial charge >= 0.3 is 0 Å². The van der Waals surface area contributed by atoms with Crippen molar-refractivity contribution in [1.29, 1.82) is 0 Å². The number of nitrogens with zero attached hydrogens (tertiary/aromatic N) is 1. The van der Waals surface area contributed by atoms with Gasteiger partial charge in [0, 0.05) is 37.0 Å². The maximum Gasteiger partial charge on any atom is 0.0309 e. The standard InChI is InChI=1S/C15H30N2S/c1-14(2,3)13-11-16-15(7-5-6-8-15)12-17(13)9-10-18-4/h13,16H,5-12H2,1-4H3. The van der Waals surface area contributed by atoms with E-state index in [-0.39, 0.29) is 0 Å². The molecule has 18 heavy (non-hydrogen) atoms. The fourth-order valence-corrected chi connectivity index (χ4v) is 4.10. The lowest BCUT2D eigenvalue weighted by atomic mass is 9.81. The van der Waals surface area contributed by atoms with E-state index in [0.717, 1.165) is 0 Å². The molecule has 0 amide bonds. The van der Waals surface area contributed by atoms with Gasteiger partial charge in [0.2, 0.25) is 0 Å². The Kier molecular flexibility index (Phi) is 4.66. The maximum absolute atomic E-state index is 3.91. The summed E-state index contributed by atoms with van der Waals surface area (Å²) in [6.45, 7) is 10.9. The summed E-state index contributed by atoms with van der Waals surface area (Å²) < 4.78 is 0. The van der Waals surface area contributed by atoms with Gasteiger partial charge in [-0.15, -0.1) is 0 Å². The average molecular weight is 270 g/mol. The van der Waals surface area contributed by atoms with E-state index in [4.69, 9.17) is 0 Å².